The van der Waals surface area contributed by atoms with Crippen LogP contribution in [0.1, 0.15) is 20.8 Å². The first-order valence-electron chi connectivity index (χ1n) is 2.17. The molecule has 0 unspecified atom stereocenters. The number of halogens is 1. The van der Waals surface area contributed by atoms with E-state index in [9.17, 15) is 0 Å². The van der Waals surface area contributed by atoms with Crippen LogP contribution in [0.2, 0.25) is 0 Å². The maximum absolute atomic E-state index is 7.32. The normalized spacial score (nSPS) is 2.40. The van der Waals surface area contributed by atoms with Gasteiger partial charge in [-0.3, -0.25) is 0 Å². The average Bonchev–Trinajstić information content (AvgIpc) is 1.70. The quantitative estimate of drug-likeness (QED) is 0.543. The van der Waals surface area contributed by atoms with E-state index < -0.39 is 0 Å². The molecule has 0 aliphatic carbocycles. The van der Waals surface area contributed by atoms with Gasteiger partial charge in [-0.05, 0) is 0 Å². The molecule has 0 aliphatic rings. The zero-order valence-corrected chi connectivity index (χ0v) is 7.07. The van der Waals surface area contributed by atoms with Crippen LogP contribution in [0.25, 0.3) is 0 Å². The van der Waals surface area contributed by atoms with Crippen molar-refractivity contribution in [1.82, 2.24) is 0 Å². The summed E-state index contributed by atoms with van der Waals surface area (Å²) >= 11 is 0. The van der Waals surface area contributed by atoms with Gasteiger partial charge < -0.3 is 0 Å². The van der Waals surface area contributed by atoms with Gasteiger partial charge in [0.05, 0.1) is 18.2 Å². The Hall–Kier alpha value is -1.24. The maximum Gasteiger partial charge on any atom is 0.0587 e. The van der Waals surface area contributed by atoms with E-state index >= 15 is 0 Å². The Balaban J connectivity index is -0.0000000257. The Labute approximate surface area is 67.9 Å². The average molecular weight is 160 g/mol. The summed E-state index contributed by atoms with van der Waals surface area (Å²) in [4.78, 5) is 0. The molecule has 0 saturated heterocycles. The van der Waals surface area contributed by atoms with E-state index in [0.717, 1.165) is 0 Å². The minimum Gasteiger partial charge on any atom is -0.199 e. The van der Waals surface area contributed by atoms with Crippen LogP contribution < -0.4 is 0 Å². The predicted octanol–water partition coefficient (Wildman–Crippen LogP) is 2.01. The van der Waals surface area contributed by atoms with Gasteiger partial charge in [0, 0.05) is 20.8 Å². The number of hydrogen-bond acceptors (Lipinski definition) is 3. The smallest absolute Gasteiger partial charge is 0.0587 e. The van der Waals surface area contributed by atoms with Crippen molar-refractivity contribution in [3.63, 3.8) is 0 Å². The highest BCUT2D eigenvalue weighted by Crippen LogP contribution is 1.22. The zero-order chi connectivity index (χ0) is 8.12. The van der Waals surface area contributed by atoms with Crippen LogP contribution in [-0.2, 0) is 0 Å². The minimum absolute atomic E-state index is 0. The Morgan fingerprint density at radius 1 is 0.700 bits per heavy atom. The molecular weight excluding hydrogens is 150 g/mol. The van der Waals surface area contributed by atoms with E-state index in [1.807, 2.05) is 0 Å². The molecule has 0 saturated carbocycles. The number of hydrogen-bond donors (Lipinski definition) is 0. The summed E-state index contributed by atoms with van der Waals surface area (Å²) in [6.45, 7) is 4.29. The monoisotopic (exact) mass is 159 g/mol. The van der Waals surface area contributed by atoms with E-state index in [4.69, 9.17) is 15.8 Å². The summed E-state index contributed by atoms with van der Waals surface area (Å²) in [7, 11) is 0. The lowest BCUT2D eigenvalue weighted by Gasteiger charge is -1.15. The first-order valence-corrected chi connectivity index (χ1v) is 2.17. The standard InChI is InChI=1S/3C2H3N.ClH/c3*1-2-3;/h3*1H3;1H. The molecule has 10 heavy (non-hydrogen) atoms. The van der Waals surface area contributed by atoms with Crippen LogP contribution in [-0.4, -0.2) is 0 Å². The Morgan fingerprint density at radius 2 is 0.700 bits per heavy atom. The van der Waals surface area contributed by atoms with Crippen molar-refractivity contribution in [1.29, 1.82) is 15.8 Å². The van der Waals surface area contributed by atoms with Gasteiger partial charge >= 0.3 is 0 Å². The van der Waals surface area contributed by atoms with E-state index in [0.29, 0.717) is 0 Å². The van der Waals surface area contributed by atoms with Crippen molar-refractivity contribution in [2.24, 2.45) is 0 Å². The van der Waals surface area contributed by atoms with Gasteiger partial charge in [-0.15, -0.1) is 12.4 Å². The lowest BCUT2D eigenvalue weighted by molar-refractivity contribution is 1.49. The first-order chi connectivity index (χ1) is 4.24. The zero-order valence-electron chi connectivity index (χ0n) is 6.25. The van der Waals surface area contributed by atoms with Crippen LogP contribution in [0.5, 0.6) is 0 Å². The highest BCUT2D eigenvalue weighted by Gasteiger charge is 1.18. The predicted molar refractivity (Wildman–Crippen MR) is 41.1 cm³/mol. The number of rotatable bonds is 0. The Kier molecular flexibility index (Phi) is 267. The van der Waals surface area contributed by atoms with Crippen LogP contribution in [0.15, 0.2) is 0 Å². The molecule has 0 heterocycles. The second-order valence-electron chi connectivity index (χ2n) is 0.671. The topological polar surface area (TPSA) is 71.4 Å². The van der Waals surface area contributed by atoms with Gasteiger partial charge in [0.1, 0.15) is 0 Å². The highest BCUT2D eigenvalue weighted by atomic mass is 35.5. The van der Waals surface area contributed by atoms with Crippen molar-refractivity contribution in [2.45, 2.75) is 20.8 Å². The fraction of sp³-hybridized carbons (Fsp3) is 0.500. The number of nitriles is 3. The Morgan fingerprint density at radius 3 is 0.700 bits per heavy atom. The molecule has 0 amide bonds. The van der Waals surface area contributed by atoms with Gasteiger partial charge in [0.15, 0.2) is 0 Å². The first kappa shape index (κ1) is 23.3. The molecule has 0 aromatic rings. The minimum atomic E-state index is 0. The SMILES string of the molecule is CC#N.CC#N.CC#N.Cl. The molecule has 3 nitrogen and oxygen atoms in total. The van der Waals surface area contributed by atoms with Crippen LogP contribution in [0, 0.1) is 34.0 Å². The summed E-state index contributed by atoms with van der Waals surface area (Å²) < 4.78 is 0. The van der Waals surface area contributed by atoms with Gasteiger partial charge in [0.25, 0.3) is 0 Å². The fourth-order valence-corrected chi connectivity index (χ4v) is 0. The molecule has 0 aromatic carbocycles. The summed E-state index contributed by atoms with van der Waals surface area (Å²) in [5, 5.41) is 22.0. The summed E-state index contributed by atoms with van der Waals surface area (Å²) in [6, 6.07) is 5.25. The molecule has 0 aliphatic heterocycles. The molecular formula is C6H10ClN3. The van der Waals surface area contributed by atoms with E-state index in [2.05, 4.69) is 0 Å². The van der Waals surface area contributed by atoms with E-state index in [1.165, 1.54) is 20.8 Å². The summed E-state index contributed by atoms with van der Waals surface area (Å²) in [5.74, 6) is 0. The molecule has 0 spiro atoms. The van der Waals surface area contributed by atoms with E-state index in [1.54, 1.807) is 18.2 Å². The van der Waals surface area contributed by atoms with Crippen LogP contribution >= 0.6 is 12.4 Å². The second-order valence-corrected chi connectivity index (χ2v) is 0.671. The number of nitrogens with zero attached hydrogens (tertiary/aromatic N) is 3. The van der Waals surface area contributed by atoms with Gasteiger partial charge in [-0.1, -0.05) is 0 Å². The molecule has 4 heteroatoms. The fourth-order valence-electron chi connectivity index (χ4n) is 0. The van der Waals surface area contributed by atoms with Crippen molar-refractivity contribution in [3.05, 3.63) is 0 Å². The van der Waals surface area contributed by atoms with Gasteiger partial charge in [-0.2, -0.15) is 15.8 Å². The highest BCUT2D eigenvalue weighted by molar-refractivity contribution is 5.85. The van der Waals surface area contributed by atoms with Gasteiger partial charge in [-0.25, -0.2) is 0 Å². The molecule has 0 fully saturated rings. The summed E-state index contributed by atoms with van der Waals surface area (Å²) in [5.41, 5.74) is 0. The van der Waals surface area contributed by atoms with Gasteiger partial charge in [0.2, 0.25) is 0 Å². The third-order valence-electron chi connectivity index (χ3n) is 0. The van der Waals surface area contributed by atoms with Crippen LogP contribution in [0.4, 0.5) is 0 Å². The van der Waals surface area contributed by atoms with Crippen molar-refractivity contribution < 1.29 is 0 Å². The molecule has 0 atom stereocenters. The molecule has 56 valence electrons. The lowest BCUT2D eigenvalue weighted by atomic mass is 11.0. The molecule has 0 N–H and O–H groups in total. The molecule has 0 bridgehead atoms. The van der Waals surface area contributed by atoms with Crippen molar-refractivity contribution in [3.8, 4) is 18.2 Å². The third kappa shape index (κ3) is 146. The Bertz CT molecular complexity index is 106. The van der Waals surface area contributed by atoms with Crippen molar-refractivity contribution >= 4 is 12.4 Å². The second kappa shape index (κ2) is 114. The van der Waals surface area contributed by atoms with Crippen LogP contribution in [0.3, 0.4) is 0 Å². The lowest BCUT2D eigenvalue weighted by Crippen LogP contribution is -1.10. The maximum atomic E-state index is 7.32. The van der Waals surface area contributed by atoms with E-state index in [-0.39, 0.29) is 12.4 Å². The largest absolute Gasteiger partial charge is 0.199 e. The van der Waals surface area contributed by atoms with Crippen molar-refractivity contribution in [2.75, 3.05) is 0 Å². The molecule has 0 rings (SSSR count). The third-order valence-corrected chi connectivity index (χ3v) is 0. The summed E-state index contributed by atoms with van der Waals surface area (Å²) in [6.07, 6.45) is 0. The molecule has 0 aromatic heterocycles. The molecule has 0 radical (unpaired) electrons.